The summed E-state index contributed by atoms with van der Waals surface area (Å²) < 4.78 is 5.10. The van der Waals surface area contributed by atoms with Gasteiger partial charge in [0.25, 0.3) is 0 Å². The van der Waals surface area contributed by atoms with Crippen LogP contribution < -0.4 is 0 Å². The van der Waals surface area contributed by atoms with Gasteiger partial charge >= 0.3 is 0 Å². The monoisotopic (exact) mass is 186 g/mol. The molecule has 13 heavy (non-hydrogen) atoms. The maximum atomic E-state index is 10.4. The Balaban J connectivity index is 2.49. The van der Waals surface area contributed by atoms with E-state index in [9.17, 15) is 5.11 Å². The van der Waals surface area contributed by atoms with Gasteiger partial charge in [0.05, 0.1) is 12.2 Å². The van der Waals surface area contributed by atoms with Gasteiger partial charge in [0.2, 0.25) is 0 Å². The lowest BCUT2D eigenvalue weighted by molar-refractivity contribution is -0.0508. The molecule has 2 heteroatoms. The van der Waals surface area contributed by atoms with Crippen LogP contribution in [0.15, 0.2) is 0 Å². The van der Waals surface area contributed by atoms with Crippen LogP contribution in [0.2, 0.25) is 0 Å². The van der Waals surface area contributed by atoms with Crippen LogP contribution in [0.5, 0.6) is 0 Å². The minimum atomic E-state index is -0.452. The fourth-order valence-electron chi connectivity index (χ4n) is 2.24. The molecule has 1 aliphatic rings. The molecule has 0 amide bonds. The Morgan fingerprint density at radius 2 is 1.77 bits per heavy atom. The molecule has 0 aromatic heterocycles. The standard InChI is InChI=1S/C11H22O2/c1-10(9-13-2)11(12)7-5-3-4-6-8-11/h10,12H,3-9H2,1-2H3. The number of aliphatic hydroxyl groups is 1. The van der Waals surface area contributed by atoms with Crippen LogP contribution in [-0.2, 0) is 4.74 Å². The first kappa shape index (κ1) is 11.0. The second-order valence-corrected chi connectivity index (χ2v) is 4.37. The van der Waals surface area contributed by atoms with Gasteiger partial charge < -0.3 is 9.84 Å². The molecule has 0 aromatic carbocycles. The van der Waals surface area contributed by atoms with Crippen LogP contribution in [0.4, 0.5) is 0 Å². The topological polar surface area (TPSA) is 29.5 Å². The Morgan fingerprint density at radius 3 is 2.23 bits per heavy atom. The Morgan fingerprint density at radius 1 is 1.23 bits per heavy atom. The molecule has 1 rings (SSSR count). The SMILES string of the molecule is COCC(C)C1(O)CCCCCC1. The Labute approximate surface area is 81.3 Å². The Hall–Kier alpha value is -0.0800. The van der Waals surface area contributed by atoms with Gasteiger partial charge in [-0.05, 0) is 12.8 Å². The lowest BCUT2D eigenvalue weighted by Gasteiger charge is -2.32. The minimum Gasteiger partial charge on any atom is -0.390 e. The van der Waals surface area contributed by atoms with E-state index in [-0.39, 0.29) is 5.92 Å². The number of hydrogen-bond acceptors (Lipinski definition) is 2. The zero-order valence-electron chi connectivity index (χ0n) is 8.88. The van der Waals surface area contributed by atoms with E-state index in [4.69, 9.17) is 4.74 Å². The second kappa shape index (κ2) is 4.97. The molecular formula is C11H22O2. The molecule has 1 N–H and O–H groups in total. The first-order chi connectivity index (χ1) is 6.19. The second-order valence-electron chi connectivity index (χ2n) is 4.37. The van der Waals surface area contributed by atoms with Gasteiger partial charge in [0.1, 0.15) is 0 Å². The van der Waals surface area contributed by atoms with E-state index in [0.29, 0.717) is 6.61 Å². The van der Waals surface area contributed by atoms with E-state index in [1.165, 1.54) is 25.7 Å². The van der Waals surface area contributed by atoms with Crippen molar-refractivity contribution in [2.45, 2.75) is 51.0 Å². The number of rotatable bonds is 3. The van der Waals surface area contributed by atoms with E-state index < -0.39 is 5.60 Å². The molecule has 0 spiro atoms. The molecule has 2 nitrogen and oxygen atoms in total. The van der Waals surface area contributed by atoms with Crippen molar-refractivity contribution in [1.82, 2.24) is 0 Å². The lowest BCUT2D eigenvalue weighted by atomic mass is 9.83. The largest absolute Gasteiger partial charge is 0.390 e. The quantitative estimate of drug-likeness (QED) is 0.686. The van der Waals surface area contributed by atoms with Crippen LogP contribution in [0.1, 0.15) is 45.4 Å². The molecule has 78 valence electrons. The zero-order chi connectivity index (χ0) is 9.73. The molecule has 0 radical (unpaired) electrons. The fourth-order valence-corrected chi connectivity index (χ4v) is 2.24. The average molecular weight is 186 g/mol. The number of methoxy groups -OCH3 is 1. The van der Waals surface area contributed by atoms with Crippen molar-refractivity contribution >= 4 is 0 Å². The summed E-state index contributed by atoms with van der Waals surface area (Å²) in [5.74, 6) is 0.274. The summed E-state index contributed by atoms with van der Waals surface area (Å²) in [5.41, 5.74) is -0.452. The third kappa shape index (κ3) is 2.96. The lowest BCUT2D eigenvalue weighted by Crippen LogP contribution is -2.38. The molecule has 1 atom stereocenters. The summed E-state index contributed by atoms with van der Waals surface area (Å²) in [5, 5.41) is 10.4. The van der Waals surface area contributed by atoms with Gasteiger partial charge in [0, 0.05) is 13.0 Å². The highest BCUT2D eigenvalue weighted by molar-refractivity contribution is 4.85. The van der Waals surface area contributed by atoms with E-state index in [1.54, 1.807) is 7.11 Å². The molecule has 0 heterocycles. The molecule has 1 saturated carbocycles. The van der Waals surface area contributed by atoms with E-state index in [1.807, 2.05) is 0 Å². The van der Waals surface area contributed by atoms with Crippen molar-refractivity contribution < 1.29 is 9.84 Å². The van der Waals surface area contributed by atoms with Crippen LogP contribution in [0, 0.1) is 5.92 Å². The molecule has 0 bridgehead atoms. The van der Waals surface area contributed by atoms with Gasteiger partial charge in [-0.1, -0.05) is 32.6 Å². The van der Waals surface area contributed by atoms with Crippen molar-refractivity contribution in [3.63, 3.8) is 0 Å². The predicted molar refractivity (Wildman–Crippen MR) is 53.7 cm³/mol. The highest BCUT2D eigenvalue weighted by Gasteiger charge is 2.33. The van der Waals surface area contributed by atoms with Crippen molar-refractivity contribution in [2.75, 3.05) is 13.7 Å². The molecule has 0 aliphatic heterocycles. The molecule has 1 aliphatic carbocycles. The average Bonchev–Trinajstić information content (AvgIpc) is 2.32. The van der Waals surface area contributed by atoms with Gasteiger partial charge in [-0.3, -0.25) is 0 Å². The van der Waals surface area contributed by atoms with E-state index >= 15 is 0 Å². The van der Waals surface area contributed by atoms with Crippen LogP contribution >= 0.6 is 0 Å². The third-order valence-corrected chi connectivity index (χ3v) is 3.30. The van der Waals surface area contributed by atoms with Gasteiger partial charge in [0.15, 0.2) is 0 Å². The highest BCUT2D eigenvalue weighted by atomic mass is 16.5. The Kier molecular flexibility index (Phi) is 4.20. The third-order valence-electron chi connectivity index (χ3n) is 3.30. The normalized spacial score (nSPS) is 25.2. The van der Waals surface area contributed by atoms with Crippen LogP contribution in [0.25, 0.3) is 0 Å². The van der Waals surface area contributed by atoms with E-state index in [2.05, 4.69) is 6.92 Å². The predicted octanol–water partition coefficient (Wildman–Crippen LogP) is 2.35. The maximum Gasteiger partial charge on any atom is 0.0695 e. The molecule has 0 saturated heterocycles. The van der Waals surface area contributed by atoms with Gasteiger partial charge in [-0.2, -0.15) is 0 Å². The maximum absolute atomic E-state index is 10.4. The molecule has 1 fully saturated rings. The first-order valence-electron chi connectivity index (χ1n) is 5.40. The molecular weight excluding hydrogens is 164 g/mol. The summed E-state index contributed by atoms with van der Waals surface area (Å²) in [6, 6.07) is 0. The van der Waals surface area contributed by atoms with Crippen molar-refractivity contribution in [3.8, 4) is 0 Å². The molecule has 1 unspecified atom stereocenters. The van der Waals surface area contributed by atoms with Crippen molar-refractivity contribution in [3.05, 3.63) is 0 Å². The van der Waals surface area contributed by atoms with Gasteiger partial charge in [-0.25, -0.2) is 0 Å². The summed E-state index contributed by atoms with van der Waals surface area (Å²) in [6.45, 7) is 2.77. The fraction of sp³-hybridized carbons (Fsp3) is 1.00. The Bertz CT molecular complexity index is 137. The summed E-state index contributed by atoms with van der Waals surface area (Å²) in [7, 11) is 1.70. The van der Waals surface area contributed by atoms with E-state index in [0.717, 1.165) is 12.8 Å². The van der Waals surface area contributed by atoms with Crippen molar-refractivity contribution in [2.24, 2.45) is 5.92 Å². The summed E-state index contributed by atoms with van der Waals surface area (Å²) in [6.07, 6.45) is 6.81. The number of hydrogen-bond donors (Lipinski definition) is 1. The first-order valence-corrected chi connectivity index (χ1v) is 5.40. The highest BCUT2D eigenvalue weighted by Crippen LogP contribution is 2.33. The van der Waals surface area contributed by atoms with Crippen LogP contribution in [0.3, 0.4) is 0 Å². The zero-order valence-corrected chi connectivity index (χ0v) is 8.88. The van der Waals surface area contributed by atoms with Gasteiger partial charge in [-0.15, -0.1) is 0 Å². The summed E-state index contributed by atoms with van der Waals surface area (Å²) in [4.78, 5) is 0. The molecule has 0 aromatic rings. The minimum absolute atomic E-state index is 0.274. The van der Waals surface area contributed by atoms with Crippen molar-refractivity contribution in [1.29, 1.82) is 0 Å². The number of ether oxygens (including phenoxy) is 1. The summed E-state index contributed by atoms with van der Waals surface area (Å²) >= 11 is 0. The van der Waals surface area contributed by atoms with Crippen LogP contribution in [-0.4, -0.2) is 24.4 Å². The smallest absolute Gasteiger partial charge is 0.0695 e.